The molecule has 0 aliphatic rings. The molecule has 8 heteroatoms. The second-order valence-corrected chi connectivity index (χ2v) is 6.90. The number of nitro benzene ring substituents is 1. The highest BCUT2D eigenvalue weighted by molar-refractivity contribution is 6.32. The first-order chi connectivity index (χ1) is 12.8. The molecule has 0 bridgehead atoms. The van der Waals surface area contributed by atoms with Crippen molar-refractivity contribution in [2.75, 3.05) is 0 Å². The molecule has 7 nitrogen and oxygen atoms in total. The summed E-state index contributed by atoms with van der Waals surface area (Å²) in [7, 11) is 0. The lowest BCUT2D eigenvalue weighted by Crippen LogP contribution is -2.37. The van der Waals surface area contributed by atoms with Crippen LogP contribution in [0.4, 0.5) is 5.69 Å². The van der Waals surface area contributed by atoms with Gasteiger partial charge in [-0.15, -0.1) is 0 Å². The maximum absolute atomic E-state index is 11.4. The fourth-order valence-corrected chi connectivity index (χ4v) is 2.71. The Bertz CT molecular complexity index is 825. The molecule has 0 spiro atoms. The number of nitrogens with one attached hydrogen (secondary N) is 1. The number of nitrogens with zero attached hydrogens (tertiary/aromatic N) is 1. The number of para-hydroxylation sites is 1. The number of hydrogen-bond acceptors (Lipinski definition) is 5. The first-order valence-electron chi connectivity index (χ1n) is 8.43. The first kappa shape index (κ1) is 20.7. The minimum absolute atomic E-state index is 0.0637. The van der Waals surface area contributed by atoms with Crippen molar-refractivity contribution in [1.82, 2.24) is 5.32 Å². The standard InChI is InChI=1S/C19H21ClN2O5/c1-12(2)9-15(19(23)24)21-11-13-7-8-18(16(10-13)22(25)26)27-17-6-4-3-5-14(17)20/h3-8,10,12,15,21H,9,11H2,1-2H3,(H,23,24). The van der Waals surface area contributed by atoms with E-state index in [-0.39, 0.29) is 23.9 Å². The number of aliphatic carboxylic acids is 1. The van der Waals surface area contributed by atoms with E-state index in [0.29, 0.717) is 22.8 Å². The van der Waals surface area contributed by atoms with Crippen LogP contribution in [0, 0.1) is 16.0 Å². The summed E-state index contributed by atoms with van der Waals surface area (Å²) in [5, 5.41) is 24.0. The molecule has 1 atom stereocenters. The Morgan fingerprint density at radius 3 is 2.56 bits per heavy atom. The van der Waals surface area contributed by atoms with Crippen molar-refractivity contribution in [3.05, 3.63) is 63.2 Å². The number of benzene rings is 2. The van der Waals surface area contributed by atoms with Gasteiger partial charge < -0.3 is 15.2 Å². The zero-order valence-corrected chi connectivity index (χ0v) is 15.8. The van der Waals surface area contributed by atoms with Gasteiger partial charge in [-0.3, -0.25) is 14.9 Å². The van der Waals surface area contributed by atoms with Crippen molar-refractivity contribution in [3.8, 4) is 11.5 Å². The third-order valence-corrected chi connectivity index (χ3v) is 4.15. The van der Waals surface area contributed by atoms with Crippen LogP contribution in [0.15, 0.2) is 42.5 Å². The molecule has 0 saturated heterocycles. The minimum Gasteiger partial charge on any atom is -0.480 e. The lowest BCUT2D eigenvalue weighted by atomic mass is 10.0. The van der Waals surface area contributed by atoms with Crippen LogP contribution >= 0.6 is 11.6 Å². The van der Waals surface area contributed by atoms with Gasteiger partial charge >= 0.3 is 11.7 Å². The summed E-state index contributed by atoms with van der Waals surface area (Å²) in [4.78, 5) is 22.2. The normalized spacial score (nSPS) is 12.0. The van der Waals surface area contributed by atoms with Crippen LogP contribution < -0.4 is 10.1 Å². The molecule has 1 unspecified atom stereocenters. The molecule has 2 aromatic rings. The van der Waals surface area contributed by atoms with E-state index in [1.165, 1.54) is 12.1 Å². The second-order valence-electron chi connectivity index (χ2n) is 6.49. The predicted molar refractivity (Wildman–Crippen MR) is 102 cm³/mol. The number of carbonyl (C=O) groups is 1. The van der Waals surface area contributed by atoms with Crippen molar-refractivity contribution >= 4 is 23.3 Å². The van der Waals surface area contributed by atoms with E-state index in [0.717, 1.165) is 0 Å². The summed E-state index contributed by atoms with van der Waals surface area (Å²) in [6, 6.07) is 10.5. The van der Waals surface area contributed by atoms with Gasteiger partial charge in [0.1, 0.15) is 11.8 Å². The molecule has 2 N–H and O–H groups in total. The first-order valence-corrected chi connectivity index (χ1v) is 8.81. The predicted octanol–water partition coefficient (Wildman–Crippen LogP) is 4.63. The van der Waals surface area contributed by atoms with Crippen LogP contribution in [-0.4, -0.2) is 22.0 Å². The summed E-state index contributed by atoms with van der Waals surface area (Å²) >= 11 is 6.03. The lowest BCUT2D eigenvalue weighted by molar-refractivity contribution is -0.385. The lowest BCUT2D eigenvalue weighted by Gasteiger charge is -2.16. The maximum Gasteiger partial charge on any atom is 0.320 e. The van der Waals surface area contributed by atoms with E-state index < -0.39 is 16.9 Å². The van der Waals surface area contributed by atoms with Crippen molar-refractivity contribution in [1.29, 1.82) is 0 Å². The molecule has 0 saturated carbocycles. The van der Waals surface area contributed by atoms with Crippen LogP contribution in [0.25, 0.3) is 0 Å². The molecule has 0 fully saturated rings. The van der Waals surface area contributed by atoms with Crippen LogP contribution in [0.2, 0.25) is 5.02 Å². The van der Waals surface area contributed by atoms with Gasteiger partial charge in [0.05, 0.1) is 9.95 Å². The highest BCUT2D eigenvalue weighted by Gasteiger charge is 2.20. The molecule has 2 aromatic carbocycles. The van der Waals surface area contributed by atoms with E-state index in [1.807, 2.05) is 13.8 Å². The average Bonchev–Trinajstić information content (AvgIpc) is 2.60. The van der Waals surface area contributed by atoms with Crippen LogP contribution in [0.3, 0.4) is 0 Å². The molecule has 2 rings (SSSR count). The van der Waals surface area contributed by atoms with E-state index in [1.54, 1.807) is 30.3 Å². The Morgan fingerprint density at radius 2 is 1.96 bits per heavy atom. The molecule has 0 aliphatic heterocycles. The smallest absolute Gasteiger partial charge is 0.320 e. The Hall–Kier alpha value is -2.64. The van der Waals surface area contributed by atoms with Crippen molar-refractivity contribution in [3.63, 3.8) is 0 Å². The summed E-state index contributed by atoms with van der Waals surface area (Å²) in [5.74, 6) is -0.360. The van der Waals surface area contributed by atoms with Crippen molar-refractivity contribution in [2.45, 2.75) is 32.9 Å². The third kappa shape index (κ3) is 5.94. The van der Waals surface area contributed by atoms with E-state index in [9.17, 15) is 20.0 Å². The topological polar surface area (TPSA) is 102 Å². The Balaban J connectivity index is 2.18. The van der Waals surface area contributed by atoms with E-state index in [2.05, 4.69) is 5.32 Å². The van der Waals surface area contributed by atoms with Gasteiger partial charge in [-0.25, -0.2) is 0 Å². The van der Waals surface area contributed by atoms with Crippen LogP contribution in [0.1, 0.15) is 25.8 Å². The molecular weight excluding hydrogens is 372 g/mol. The van der Waals surface area contributed by atoms with Gasteiger partial charge in [-0.2, -0.15) is 0 Å². The summed E-state index contributed by atoms with van der Waals surface area (Å²) in [6.07, 6.45) is 0.463. The number of halogens is 1. The van der Waals surface area contributed by atoms with E-state index >= 15 is 0 Å². The number of ether oxygens (including phenoxy) is 1. The van der Waals surface area contributed by atoms with Crippen LogP contribution in [0.5, 0.6) is 11.5 Å². The third-order valence-electron chi connectivity index (χ3n) is 3.83. The second kappa shape index (κ2) is 9.34. The molecule has 27 heavy (non-hydrogen) atoms. The molecule has 0 amide bonds. The van der Waals surface area contributed by atoms with Crippen molar-refractivity contribution < 1.29 is 19.6 Å². The summed E-state index contributed by atoms with van der Waals surface area (Å²) in [5.41, 5.74) is 0.369. The van der Waals surface area contributed by atoms with E-state index in [4.69, 9.17) is 16.3 Å². The zero-order chi connectivity index (χ0) is 20.0. The SMILES string of the molecule is CC(C)CC(NCc1ccc(Oc2ccccc2Cl)c([N+](=O)[O-])c1)C(=O)O. The van der Waals surface area contributed by atoms with Crippen molar-refractivity contribution in [2.24, 2.45) is 5.92 Å². The quantitative estimate of drug-likeness (QED) is 0.476. The number of rotatable bonds is 9. The van der Waals surface area contributed by atoms with Gasteiger partial charge in [-0.05, 0) is 36.1 Å². The van der Waals surface area contributed by atoms with Crippen LogP contribution in [-0.2, 0) is 11.3 Å². The monoisotopic (exact) mass is 392 g/mol. The Labute approximate surface area is 162 Å². The number of carboxylic acids is 1. The Kier molecular flexibility index (Phi) is 7.15. The highest BCUT2D eigenvalue weighted by atomic mass is 35.5. The summed E-state index contributed by atoms with van der Waals surface area (Å²) < 4.78 is 5.58. The van der Waals surface area contributed by atoms with Gasteiger partial charge in [-0.1, -0.05) is 43.6 Å². The Morgan fingerprint density at radius 1 is 1.26 bits per heavy atom. The molecule has 0 heterocycles. The number of nitro groups is 1. The highest BCUT2D eigenvalue weighted by Crippen LogP contribution is 2.35. The molecule has 0 radical (unpaired) electrons. The number of carboxylic acid groups (broad SMARTS) is 1. The molecule has 144 valence electrons. The zero-order valence-electron chi connectivity index (χ0n) is 15.0. The van der Waals surface area contributed by atoms with Gasteiger partial charge in [0.2, 0.25) is 5.75 Å². The average molecular weight is 393 g/mol. The fourth-order valence-electron chi connectivity index (χ4n) is 2.53. The maximum atomic E-state index is 11.4. The fraction of sp³-hybridized carbons (Fsp3) is 0.316. The van der Waals surface area contributed by atoms with Gasteiger partial charge in [0.15, 0.2) is 0 Å². The summed E-state index contributed by atoms with van der Waals surface area (Å²) in [6.45, 7) is 4.06. The molecule has 0 aromatic heterocycles. The largest absolute Gasteiger partial charge is 0.480 e. The van der Waals surface area contributed by atoms with Gasteiger partial charge in [0.25, 0.3) is 0 Å². The van der Waals surface area contributed by atoms with Gasteiger partial charge in [0, 0.05) is 12.6 Å². The molecule has 0 aliphatic carbocycles. The number of hydrogen-bond donors (Lipinski definition) is 2. The minimum atomic E-state index is -0.947. The molecular formula is C19H21ClN2O5.